The van der Waals surface area contributed by atoms with E-state index in [1.165, 1.54) is 0 Å². The first kappa shape index (κ1) is 15.7. The molecule has 0 saturated heterocycles. The standard InChI is InChI=1S/C14H26N4O/c1-10(2)13-16-11(9-12(19)17-13)18(6)8-7-15-14(3,4)5/h9-10,15H,7-8H2,1-6H3,(H,16,17,19). The van der Waals surface area contributed by atoms with E-state index in [2.05, 4.69) is 36.1 Å². The average molecular weight is 266 g/mol. The van der Waals surface area contributed by atoms with Gasteiger partial charge in [0, 0.05) is 37.7 Å². The summed E-state index contributed by atoms with van der Waals surface area (Å²) in [4.78, 5) is 20.9. The van der Waals surface area contributed by atoms with Gasteiger partial charge in [0.05, 0.1) is 0 Å². The number of aromatic amines is 1. The summed E-state index contributed by atoms with van der Waals surface area (Å²) in [5, 5.41) is 3.42. The van der Waals surface area contributed by atoms with Gasteiger partial charge in [-0.25, -0.2) is 4.98 Å². The van der Waals surface area contributed by atoms with Crippen LogP contribution in [-0.2, 0) is 0 Å². The van der Waals surface area contributed by atoms with Crippen molar-refractivity contribution >= 4 is 5.82 Å². The number of H-pyrrole nitrogens is 1. The molecule has 0 radical (unpaired) electrons. The summed E-state index contributed by atoms with van der Waals surface area (Å²) in [5.41, 5.74) is 0.00949. The van der Waals surface area contributed by atoms with Gasteiger partial charge < -0.3 is 15.2 Å². The Morgan fingerprint density at radius 1 is 1.42 bits per heavy atom. The van der Waals surface area contributed by atoms with Crippen molar-refractivity contribution < 1.29 is 0 Å². The molecule has 0 aromatic carbocycles. The van der Waals surface area contributed by atoms with Crippen LogP contribution in [0.15, 0.2) is 10.9 Å². The second-order valence-electron chi connectivity index (χ2n) is 6.24. The molecule has 2 N–H and O–H groups in total. The minimum absolute atomic E-state index is 0.0932. The molecule has 5 heteroatoms. The lowest BCUT2D eigenvalue weighted by Crippen LogP contribution is -2.41. The first-order chi connectivity index (χ1) is 8.69. The quantitative estimate of drug-likeness (QED) is 0.852. The Labute approximate surface area is 115 Å². The summed E-state index contributed by atoms with van der Waals surface area (Å²) in [5.74, 6) is 1.68. The van der Waals surface area contributed by atoms with Crippen LogP contribution in [0.3, 0.4) is 0 Å². The number of rotatable bonds is 5. The third kappa shape index (κ3) is 5.42. The Hall–Kier alpha value is -1.36. The van der Waals surface area contributed by atoms with Crippen LogP contribution in [-0.4, -0.2) is 35.6 Å². The van der Waals surface area contributed by atoms with Gasteiger partial charge in [0.2, 0.25) is 0 Å². The van der Waals surface area contributed by atoms with Crippen LogP contribution >= 0.6 is 0 Å². The normalized spacial score (nSPS) is 11.9. The molecule has 1 rings (SSSR count). The zero-order valence-electron chi connectivity index (χ0n) is 12.9. The van der Waals surface area contributed by atoms with Gasteiger partial charge in [0.15, 0.2) is 0 Å². The maximum Gasteiger partial charge on any atom is 0.252 e. The molecule has 5 nitrogen and oxygen atoms in total. The van der Waals surface area contributed by atoms with Crippen LogP contribution in [0, 0.1) is 0 Å². The third-order valence-electron chi connectivity index (χ3n) is 2.79. The monoisotopic (exact) mass is 266 g/mol. The van der Waals surface area contributed by atoms with Crippen molar-refractivity contribution in [3.05, 3.63) is 22.2 Å². The van der Waals surface area contributed by atoms with E-state index in [4.69, 9.17) is 0 Å². The fraction of sp³-hybridized carbons (Fsp3) is 0.714. The Morgan fingerprint density at radius 2 is 2.05 bits per heavy atom. The number of nitrogens with zero attached hydrogens (tertiary/aromatic N) is 2. The second kappa shape index (κ2) is 6.19. The minimum atomic E-state index is -0.0932. The molecule has 0 amide bonds. The predicted octanol–water partition coefficient (Wildman–Crippen LogP) is 1.72. The van der Waals surface area contributed by atoms with Crippen molar-refractivity contribution in [1.29, 1.82) is 0 Å². The Morgan fingerprint density at radius 3 is 2.58 bits per heavy atom. The van der Waals surface area contributed by atoms with E-state index in [9.17, 15) is 4.79 Å². The molecule has 19 heavy (non-hydrogen) atoms. The molecule has 108 valence electrons. The molecular weight excluding hydrogens is 240 g/mol. The average Bonchev–Trinajstić information content (AvgIpc) is 2.26. The highest BCUT2D eigenvalue weighted by molar-refractivity contribution is 5.36. The number of likely N-dealkylation sites (N-methyl/N-ethyl adjacent to an activating group) is 1. The van der Waals surface area contributed by atoms with Gasteiger partial charge in [-0.2, -0.15) is 0 Å². The smallest absolute Gasteiger partial charge is 0.252 e. The lowest BCUT2D eigenvalue weighted by Gasteiger charge is -2.24. The van der Waals surface area contributed by atoms with E-state index >= 15 is 0 Å². The summed E-state index contributed by atoms with van der Waals surface area (Å²) in [7, 11) is 1.95. The maximum atomic E-state index is 11.6. The molecule has 0 aliphatic heterocycles. The zero-order valence-corrected chi connectivity index (χ0v) is 12.9. The number of aromatic nitrogens is 2. The number of nitrogens with one attached hydrogen (secondary N) is 2. The molecule has 0 unspecified atom stereocenters. The van der Waals surface area contributed by atoms with Gasteiger partial charge >= 0.3 is 0 Å². The van der Waals surface area contributed by atoms with Crippen LogP contribution in [0.4, 0.5) is 5.82 Å². The van der Waals surface area contributed by atoms with E-state index in [-0.39, 0.29) is 17.0 Å². The lowest BCUT2D eigenvalue weighted by atomic mass is 10.1. The number of anilines is 1. The van der Waals surface area contributed by atoms with Crippen LogP contribution in [0.1, 0.15) is 46.4 Å². The summed E-state index contributed by atoms with van der Waals surface area (Å²) >= 11 is 0. The molecule has 0 spiro atoms. The molecule has 1 aromatic heterocycles. The van der Waals surface area contributed by atoms with E-state index in [0.29, 0.717) is 0 Å². The van der Waals surface area contributed by atoms with Crippen molar-refractivity contribution in [2.45, 2.75) is 46.1 Å². The van der Waals surface area contributed by atoms with Crippen LogP contribution in [0.2, 0.25) is 0 Å². The van der Waals surface area contributed by atoms with Crippen LogP contribution in [0.5, 0.6) is 0 Å². The molecule has 0 fully saturated rings. The number of hydrogen-bond donors (Lipinski definition) is 2. The molecule has 0 bridgehead atoms. The topological polar surface area (TPSA) is 61.0 Å². The molecule has 0 saturated carbocycles. The van der Waals surface area contributed by atoms with Crippen molar-refractivity contribution in [3.8, 4) is 0 Å². The zero-order chi connectivity index (χ0) is 14.6. The van der Waals surface area contributed by atoms with Gasteiger partial charge in [-0.15, -0.1) is 0 Å². The summed E-state index contributed by atoms with van der Waals surface area (Å²) < 4.78 is 0. The molecular formula is C14H26N4O. The number of hydrogen-bond acceptors (Lipinski definition) is 4. The minimum Gasteiger partial charge on any atom is -0.358 e. The highest BCUT2D eigenvalue weighted by Crippen LogP contribution is 2.11. The van der Waals surface area contributed by atoms with E-state index < -0.39 is 0 Å². The largest absolute Gasteiger partial charge is 0.358 e. The molecule has 0 aliphatic carbocycles. The van der Waals surface area contributed by atoms with Gasteiger partial charge in [0.1, 0.15) is 11.6 Å². The van der Waals surface area contributed by atoms with E-state index in [1.54, 1.807) is 6.07 Å². The Bertz CT molecular complexity index is 459. The van der Waals surface area contributed by atoms with Gasteiger partial charge in [-0.3, -0.25) is 4.79 Å². The van der Waals surface area contributed by atoms with E-state index in [1.807, 2.05) is 25.8 Å². The van der Waals surface area contributed by atoms with Crippen molar-refractivity contribution in [2.24, 2.45) is 0 Å². The second-order valence-corrected chi connectivity index (χ2v) is 6.24. The summed E-state index contributed by atoms with van der Waals surface area (Å²) in [6.45, 7) is 12.1. The molecule has 0 atom stereocenters. The summed E-state index contributed by atoms with van der Waals surface area (Å²) in [6, 6.07) is 1.54. The summed E-state index contributed by atoms with van der Waals surface area (Å²) in [6.07, 6.45) is 0. The SMILES string of the molecule is CC(C)c1nc(N(C)CCNC(C)(C)C)cc(=O)[nH]1. The van der Waals surface area contributed by atoms with Crippen molar-refractivity contribution in [2.75, 3.05) is 25.0 Å². The highest BCUT2D eigenvalue weighted by atomic mass is 16.1. The van der Waals surface area contributed by atoms with Crippen LogP contribution < -0.4 is 15.8 Å². The van der Waals surface area contributed by atoms with Crippen molar-refractivity contribution in [1.82, 2.24) is 15.3 Å². The third-order valence-corrected chi connectivity index (χ3v) is 2.79. The van der Waals surface area contributed by atoms with Crippen LogP contribution in [0.25, 0.3) is 0 Å². The van der Waals surface area contributed by atoms with E-state index in [0.717, 1.165) is 24.7 Å². The fourth-order valence-corrected chi connectivity index (χ4v) is 1.65. The highest BCUT2D eigenvalue weighted by Gasteiger charge is 2.11. The lowest BCUT2D eigenvalue weighted by molar-refractivity contribution is 0.430. The predicted molar refractivity (Wildman–Crippen MR) is 80.0 cm³/mol. The van der Waals surface area contributed by atoms with Gasteiger partial charge in [-0.05, 0) is 20.8 Å². The van der Waals surface area contributed by atoms with Gasteiger partial charge in [-0.1, -0.05) is 13.8 Å². The first-order valence-corrected chi connectivity index (χ1v) is 6.76. The maximum absolute atomic E-state index is 11.6. The first-order valence-electron chi connectivity index (χ1n) is 6.76. The molecule has 1 aromatic rings. The fourth-order valence-electron chi connectivity index (χ4n) is 1.65. The molecule has 0 aliphatic rings. The van der Waals surface area contributed by atoms with Gasteiger partial charge in [0.25, 0.3) is 5.56 Å². The molecule has 1 heterocycles. The Balaban J connectivity index is 2.71. The van der Waals surface area contributed by atoms with Crippen molar-refractivity contribution in [3.63, 3.8) is 0 Å². The Kier molecular flexibility index (Phi) is 5.11.